The second kappa shape index (κ2) is 7.21. The average Bonchev–Trinajstić information content (AvgIpc) is 2.95. The minimum absolute atomic E-state index is 0.749. The lowest BCUT2D eigenvalue weighted by Gasteiger charge is -2.08. The maximum absolute atomic E-state index is 5.95. The molecule has 0 bridgehead atoms. The Morgan fingerprint density at radius 1 is 1.00 bits per heavy atom. The molecule has 0 N–H and O–H groups in total. The first-order valence-electron chi connectivity index (χ1n) is 7.34. The zero-order valence-electron chi connectivity index (χ0n) is 12.1. The van der Waals surface area contributed by atoms with Gasteiger partial charge in [-0.05, 0) is 61.4 Å². The molecule has 1 aromatic heterocycles. The van der Waals surface area contributed by atoms with Crippen molar-refractivity contribution in [2.45, 2.75) is 12.8 Å². The van der Waals surface area contributed by atoms with Gasteiger partial charge < -0.3 is 9.30 Å². The number of aromatic nitrogens is 1. The third-order valence-corrected chi connectivity index (χ3v) is 4.38. The summed E-state index contributed by atoms with van der Waals surface area (Å²) >= 11 is 9.39. The second-order valence-electron chi connectivity index (χ2n) is 5.13. The molecule has 0 saturated carbocycles. The van der Waals surface area contributed by atoms with Crippen LogP contribution in [0.5, 0.6) is 5.75 Å². The molecule has 0 aliphatic heterocycles. The lowest BCUT2D eigenvalue weighted by molar-refractivity contribution is 0.310. The van der Waals surface area contributed by atoms with Crippen molar-refractivity contribution in [2.75, 3.05) is 11.9 Å². The van der Waals surface area contributed by atoms with Crippen LogP contribution in [0.3, 0.4) is 0 Å². The van der Waals surface area contributed by atoms with Crippen LogP contribution >= 0.6 is 27.5 Å². The van der Waals surface area contributed by atoms with Gasteiger partial charge in [0, 0.05) is 27.6 Å². The van der Waals surface area contributed by atoms with E-state index in [1.807, 2.05) is 30.3 Å². The lowest BCUT2D eigenvalue weighted by Crippen LogP contribution is -1.97. The minimum atomic E-state index is 0.749. The van der Waals surface area contributed by atoms with Gasteiger partial charge in [-0.2, -0.15) is 0 Å². The van der Waals surface area contributed by atoms with Crippen molar-refractivity contribution in [3.8, 4) is 11.4 Å². The van der Waals surface area contributed by atoms with Crippen LogP contribution in [-0.4, -0.2) is 16.5 Å². The molecule has 2 nitrogen and oxygen atoms in total. The summed E-state index contributed by atoms with van der Waals surface area (Å²) in [6, 6.07) is 16.2. The Labute approximate surface area is 143 Å². The van der Waals surface area contributed by atoms with Gasteiger partial charge in [-0.25, -0.2) is 0 Å². The fraction of sp³-hybridized carbons (Fsp3) is 0.222. The van der Waals surface area contributed by atoms with Crippen molar-refractivity contribution in [1.29, 1.82) is 0 Å². The van der Waals surface area contributed by atoms with E-state index in [0.717, 1.165) is 46.8 Å². The normalized spacial score (nSPS) is 11.0. The van der Waals surface area contributed by atoms with E-state index in [4.69, 9.17) is 16.3 Å². The van der Waals surface area contributed by atoms with E-state index in [-0.39, 0.29) is 0 Å². The SMILES string of the molecule is Clc1ccc(-n2ccc3cc(OCCCCBr)ccc32)cc1. The first-order valence-corrected chi connectivity index (χ1v) is 8.84. The van der Waals surface area contributed by atoms with Crippen LogP contribution in [-0.2, 0) is 0 Å². The molecule has 0 radical (unpaired) electrons. The molecule has 0 aliphatic carbocycles. The van der Waals surface area contributed by atoms with Crippen molar-refractivity contribution in [3.05, 3.63) is 59.8 Å². The molecule has 4 heteroatoms. The van der Waals surface area contributed by atoms with Gasteiger partial charge >= 0.3 is 0 Å². The fourth-order valence-electron chi connectivity index (χ4n) is 2.42. The smallest absolute Gasteiger partial charge is 0.120 e. The second-order valence-corrected chi connectivity index (χ2v) is 6.36. The minimum Gasteiger partial charge on any atom is -0.494 e. The van der Waals surface area contributed by atoms with E-state index in [9.17, 15) is 0 Å². The summed E-state index contributed by atoms with van der Waals surface area (Å²) < 4.78 is 7.95. The molecular formula is C18H17BrClNO. The topological polar surface area (TPSA) is 14.2 Å². The van der Waals surface area contributed by atoms with Crippen molar-refractivity contribution in [2.24, 2.45) is 0 Å². The van der Waals surface area contributed by atoms with E-state index < -0.39 is 0 Å². The Balaban J connectivity index is 1.81. The Kier molecular flexibility index (Phi) is 5.06. The van der Waals surface area contributed by atoms with Gasteiger partial charge in [0.1, 0.15) is 5.75 Å². The van der Waals surface area contributed by atoms with Crippen LogP contribution in [0.25, 0.3) is 16.6 Å². The van der Waals surface area contributed by atoms with E-state index in [1.54, 1.807) is 0 Å². The summed E-state index contributed by atoms with van der Waals surface area (Å²) in [5.74, 6) is 0.927. The molecule has 0 aliphatic rings. The number of hydrogen-bond acceptors (Lipinski definition) is 1. The number of halogens is 2. The van der Waals surface area contributed by atoms with Crippen molar-refractivity contribution >= 4 is 38.4 Å². The van der Waals surface area contributed by atoms with Gasteiger partial charge in [-0.3, -0.25) is 0 Å². The van der Waals surface area contributed by atoms with Crippen LogP contribution in [0.15, 0.2) is 54.7 Å². The van der Waals surface area contributed by atoms with E-state index >= 15 is 0 Å². The van der Waals surface area contributed by atoms with Crippen LogP contribution in [0.1, 0.15) is 12.8 Å². The number of unbranched alkanes of at least 4 members (excludes halogenated alkanes) is 1. The Hall–Kier alpha value is -1.45. The first-order chi connectivity index (χ1) is 10.8. The molecule has 0 spiro atoms. The molecule has 3 rings (SSSR count). The molecule has 0 fully saturated rings. The van der Waals surface area contributed by atoms with Gasteiger partial charge in [0.2, 0.25) is 0 Å². The molecule has 0 unspecified atom stereocenters. The average molecular weight is 379 g/mol. The van der Waals surface area contributed by atoms with E-state index in [1.165, 1.54) is 5.39 Å². The van der Waals surface area contributed by atoms with Gasteiger partial charge in [-0.15, -0.1) is 0 Å². The summed E-state index contributed by atoms with van der Waals surface area (Å²) in [5.41, 5.74) is 2.26. The van der Waals surface area contributed by atoms with Crippen molar-refractivity contribution in [3.63, 3.8) is 0 Å². The Morgan fingerprint density at radius 2 is 1.82 bits per heavy atom. The summed E-state index contributed by atoms with van der Waals surface area (Å²) in [6.45, 7) is 0.759. The van der Waals surface area contributed by atoms with Crippen LogP contribution < -0.4 is 4.74 Å². The third kappa shape index (κ3) is 3.47. The first kappa shape index (κ1) is 15.4. The summed E-state index contributed by atoms with van der Waals surface area (Å²) in [7, 11) is 0. The standard InChI is InChI=1S/C18H17BrClNO/c19-10-1-2-12-22-17-7-8-18-14(13-17)9-11-21(18)16-5-3-15(20)4-6-16/h3-9,11,13H,1-2,10,12H2. The molecule has 3 aromatic rings. The zero-order chi connectivity index (χ0) is 15.4. The maximum Gasteiger partial charge on any atom is 0.120 e. The van der Waals surface area contributed by atoms with Crippen molar-refractivity contribution in [1.82, 2.24) is 4.57 Å². The van der Waals surface area contributed by atoms with E-state index in [2.05, 4.69) is 44.9 Å². The number of alkyl halides is 1. The number of benzene rings is 2. The highest BCUT2D eigenvalue weighted by molar-refractivity contribution is 9.09. The summed E-state index contributed by atoms with van der Waals surface area (Å²) in [4.78, 5) is 0. The largest absolute Gasteiger partial charge is 0.494 e. The van der Waals surface area contributed by atoms with Gasteiger partial charge in [-0.1, -0.05) is 27.5 Å². The number of fused-ring (bicyclic) bond motifs is 1. The quantitative estimate of drug-likeness (QED) is 0.388. The van der Waals surface area contributed by atoms with Gasteiger partial charge in [0.25, 0.3) is 0 Å². The Morgan fingerprint density at radius 3 is 2.59 bits per heavy atom. The molecule has 114 valence electrons. The fourth-order valence-corrected chi connectivity index (χ4v) is 2.95. The summed E-state index contributed by atoms with van der Waals surface area (Å²) in [6.07, 6.45) is 4.27. The molecule has 2 aromatic carbocycles. The van der Waals surface area contributed by atoms with Crippen LogP contribution in [0, 0.1) is 0 Å². The lowest BCUT2D eigenvalue weighted by atomic mass is 10.2. The highest BCUT2D eigenvalue weighted by Gasteiger charge is 2.05. The Bertz CT molecular complexity index is 751. The zero-order valence-corrected chi connectivity index (χ0v) is 14.5. The highest BCUT2D eigenvalue weighted by Crippen LogP contribution is 2.25. The predicted molar refractivity (Wildman–Crippen MR) is 96.8 cm³/mol. The van der Waals surface area contributed by atoms with Gasteiger partial charge in [0.05, 0.1) is 12.1 Å². The number of rotatable bonds is 6. The number of ether oxygens (including phenoxy) is 1. The van der Waals surface area contributed by atoms with Crippen molar-refractivity contribution < 1.29 is 4.74 Å². The molecular weight excluding hydrogens is 362 g/mol. The molecule has 0 amide bonds. The van der Waals surface area contributed by atoms with Gasteiger partial charge in [0.15, 0.2) is 0 Å². The monoisotopic (exact) mass is 377 g/mol. The number of nitrogens with zero attached hydrogens (tertiary/aromatic N) is 1. The maximum atomic E-state index is 5.95. The van der Waals surface area contributed by atoms with Crippen LogP contribution in [0.2, 0.25) is 5.02 Å². The van der Waals surface area contributed by atoms with E-state index in [0.29, 0.717) is 0 Å². The molecule has 22 heavy (non-hydrogen) atoms. The third-order valence-electron chi connectivity index (χ3n) is 3.56. The molecule has 0 saturated heterocycles. The number of hydrogen-bond donors (Lipinski definition) is 0. The molecule has 0 atom stereocenters. The van der Waals surface area contributed by atoms with Crippen LogP contribution in [0.4, 0.5) is 0 Å². The molecule has 1 heterocycles. The summed E-state index contributed by atoms with van der Waals surface area (Å²) in [5, 5.41) is 2.95. The predicted octanol–water partition coefficient (Wildman–Crippen LogP) is 5.84. The highest BCUT2D eigenvalue weighted by atomic mass is 79.9.